The van der Waals surface area contributed by atoms with Crippen LogP contribution in [0.2, 0.25) is 10.0 Å². The van der Waals surface area contributed by atoms with Crippen LogP contribution in [0.1, 0.15) is 54.0 Å². The average molecular weight is 582 g/mol. The largest absolute Gasteiger partial charge is 0.508 e. The third-order valence-electron chi connectivity index (χ3n) is 7.47. The number of hydrogen-bond donors (Lipinski definition) is 4. The number of nitrogens with zero attached hydrogens (tertiary/aromatic N) is 1. The number of aliphatic imine (C=N–C) groups is 1. The van der Waals surface area contributed by atoms with Crippen LogP contribution in [0, 0.1) is 0 Å². The zero-order chi connectivity index (χ0) is 28.8. The Morgan fingerprint density at radius 2 is 1.77 bits per heavy atom. The molecule has 210 valence electrons. The number of benzene rings is 3. The molecule has 2 unspecified atom stereocenters. The zero-order valence-corrected chi connectivity index (χ0v) is 23.9. The lowest BCUT2D eigenvalue weighted by atomic mass is 9.75. The summed E-state index contributed by atoms with van der Waals surface area (Å²) in [7, 11) is 0. The van der Waals surface area contributed by atoms with Gasteiger partial charge in [-0.05, 0) is 59.9 Å². The molecule has 4 rings (SSSR count). The summed E-state index contributed by atoms with van der Waals surface area (Å²) in [5, 5.41) is 35.9. The van der Waals surface area contributed by atoms with Gasteiger partial charge < -0.3 is 20.6 Å². The van der Waals surface area contributed by atoms with Crippen molar-refractivity contribution < 1.29 is 20.1 Å². The molecule has 1 aliphatic rings. The zero-order valence-electron chi connectivity index (χ0n) is 22.4. The standard InChI is InChI=1S/C32H34Cl2N2O4/c1-2-31(14-5-15-36-31)21-32(40,25-11-12-29(38)24(17-25)20-37)18-23-7-3-6-22(16-23)10-13-30(39)35-19-26-27(33)8-4-9-28(26)34/h3-9,11-12,14-17,37-38,40H,2,10,13,18-21H2,1H3,(H,35,39). The Balaban J connectivity index is 1.50. The first-order chi connectivity index (χ1) is 19.2. The lowest BCUT2D eigenvalue weighted by Gasteiger charge is -2.36. The summed E-state index contributed by atoms with van der Waals surface area (Å²) in [5.41, 5.74) is 1.63. The van der Waals surface area contributed by atoms with Gasteiger partial charge in [0.2, 0.25) is 5.91 Å². The van der Waals surface area contributed by atoms with Gasteiger partial charge in [0.05, 0.1) is 17.7 Å². The van der Waals surface area contributed by atoms with Gasteiger partial charge in [-0.3, -0.25) is 9.79 Å². The molecular formula is C32H34Cl2N2O4. The predicted octanol–water partition coefficient (Wildman–Crippen LogP) is 6.05. The molecule has 2 atom stereocenters. The van der Waals surface area contributed by atoms with Crippen molar-refractivity contribution in [2.45, 2.75) is 63.3 Å². The van der Waals surface area contributed by atoms with E-state index >= 15 is 0 Å². The Labute approximate surface area is 245 Å². The molecule has 0 aromatic heterocycles. The molecule has 0 saturated carbocycles. The molecule has 0 spiro atoms. The summed E-state index contributed by atoms with van der Waals surface area (Å²) in [6.07, 6.45) is 7.80. The lowest BCUT2D eigenvalue weighted by molar-refractivity contribution is -0.121. The summed E-state index contributed by atoms with van der Waals surface area (Å²) in [6, 6.07) is 17.9. The van der Waals surface area contributed by atoms with E-state index in [-0.39, 0.29) is 31.2 Å². The number of hydrogen-bond acceptors (Lipinski definition) is 5. The molecular weight excluding hydrogens is 547 g/mol. The number of amides is 1. The van der Waals surface area contributed by atoms with Gasteiger partial charge in [0.25, 0.3) is 0 Å². The minimum atomic E-state index is -1.33. The van der Waals surface area contributed by atoms with E-state index in [2.05, 4.69) is 10.3 Å². The SMILES string of the molecule is CCC1(CC(O)(Cc2cccc(CCC(=O)NCc3c(Cl)cccc3Cl)c2)c2ccc(O)c(CO)c2)C=CC=N1. The highest BCUT2D eigenvalue weighted by molar-refractivity contribution is 6.36. The maximum Gasteiger partial charge on any atom is 0.220 e. The highest BCUT2D eigenvalue weighted by Gasteiger charge is 2.40. The van der Waals surface area contributed by atoms with Gasteiger partial charge in [-0.2, -0.15) is 0 Å². The van der Waals surface area contributed by atoms with Crippen molar-refractivity contribution >= 4 is 35.3 Å². The van der Waals surface area contributed by atoms with Crippen molar-refractivity contribution in [3.63, 3.8) is 0 Å². The van der Waals surface area contributed by atoms with E-state index in [9.17, 15) is 20.1 Å². The smallest absolute Gasteiger partial charge is 0.220 e. The topological polar surface area (TPSA) is 102 Å². The molecule has 1 aliphatic heterocycles. The van der Waals surface area contributed by atoms with E-state index in [4.69, 9.17) is 23.2 Å². The number of aryl methyl sites for hydroxylation is 1. The first kappa shape index (κ1) is 29.8. The number of carbonyl (C=O) groups excluding carboxylic acids is 1. The number of aliphatic hydroxyl groups is 2. The molecule has 1 heterocycles. The minimum absolute atomic E-state index is 0.0188. The number of nitrogens with one attached hydrogen (secondary N) is 1. The Bertz CT molecular complexity index is 1390. The second kappa shape index (κ2) is 13.0. The molecule has 0 fully saturated rings. The Kier molecular flexibility index (Phi) is 9.69. The van der Waals surface area contributed by atoms with Crippen molar-refractivity contribution in [2.75, 3.05) is 0 Å². The van der Waals surface area contributed by atoms with Crippen LogP contribution < -0.4 is 5.32 Å². The summed E-state index contributed by atoms with van der Waals surface area (Å²) in [6.45, 7) is 1.95. The van der Waals surface area contributed by atoms with E-state index in [0.717, 1.165) is 11.1 Å². The van der Waals surface area contributed by atoms with Crippen molar-refractivity contribution in [1.82, 2.24) is 5.32 Å². The molecule has 8 heteroatoms. The number of aliphatic hydroxyl groups excluding tert-OH is 1. The van der Waals surface area contributed by atoms with E-state index in [1.807, 2.05) is 43.3 Å². The van der Waals surface area contributed by atoms with Crippen LogP contribution in [0.5, 0.6) is 5.75 Å². The minimum Gasteiger partial charge on any atom is -0.508 e. The van der Waals surface area contributed by atoms with Gasteiger partial charge in [0.15, 0.2) is 0 Å². The summed E-state index contributed by atoms with van der Waals surface area (Å²) < 4.78 is 0. The molecule has 6 nitrogen and oxygen atoms in total. The van der Waals surface area contributed by atoms with E-state index < -0.39 is 11.1 Å². The molecule has 0 bridgehead atoms. The first-order valence-corrected chi connectivity index (χ1v) is 14.1. The third-order valence-corrected chi connectivity index (χ3v) is 8.18. The van der Waals surface area contributed by atoms with Crippen molar-refractivity contribution in [3.05, 3.63) is 111 Å². The van der Waals surface area contributed by atoms with Gasteiger partial charge in [-0.1, -0.05) is 72.6 Å². The molecule has 0 saturated heterocycles. The Morgan fingerprint density at radius 1 is 1.05 bits per heavy atom. The normalized spacial score (nSPS) is 17.6. The number of allylic oxidation sites excluding steroid dienone is 1. The monoisotopic (exact) mass is 580 g/mol. The number of aromatic hydroxyl groups is 1. The molecule has 4 N–H and O–H groups in total. The number of rotatable bonds is 12. The van der Waals surface area contributed by atoms with Crippen LogP contribution in [0.15, 0.2) is 77.8 Å². The molecule has 1 amide bonds. The fourth-order valence-electron chi connectivity index (χ4n) is 5.14. The predicted molar refractivity (Wildman–Crippen MR) is 160 cm³/mol. The van der Waals surface area contributed by atoms with E-state index in [1.54, 1.807) is 36.5 Å². The third kappa shape index (κ3) is 7.12. The number of carbonyl (C=O) groups is 1. The maximum absolute atomic E-state index is 12.6. The van der Waals surface area contributed by atoms with Crippen LogP contribution in [-0.4, -0.2) is 33.0 Å². The Morgan fingerprint density at radius 3 is 2.45 bits per heavy atom. The van der Waals surface area contributed by atoms with Crippen molar-refractivity contribution in [1.29, 1.82) is 0 Å². The highest BCUT2D eigenvalue weighted by atomic mass is 35.5. The van der Waals surface area contributed by atoms with Crippen LogP contribution in [0.4, 0.5) is 0 Å². The molecule has 0 radical (unpaired) electrons. The fraction of sp³-hybridized carbons (Fsp3) is 0.312. The van der Waals surface area contributed by atoms with Gasteiger partial charge in [0, 0.05) is 53.2 Å². The number of phenols is 1. The molecule has 3 aromatic rings. The first-order valence-electron chi connectivity index (χ1n) is 13.3. The second-order valence-electron chi connectivity index (χ2n) is 10.3. The molecule has 0 aliphatic carbocycles. The Hall–Kier alpha value is -3.16. The van der Waals surface area contributed by atoms with Crippen LogP contribution in [0.3, 0.4) is 0 Å². The van der Waals surface area contributed by atoms with Gasteiger partial charge in [0.1, 0.15) is 5.75 Å². The van der Waals surface area contributed by atoms with E-state index in [0.29, 0.717) is 52.4 Å². The van der Waals surface area contributed by atoms with Crippen LogP contribution >= 0.6 is 23.2 Å². The van der Waals surface area contributed by atoms with Crippen molar-refractivity contribution in [3.8, 4) is 5.75 Å². The second-order valence-corrected chi connectivity index (χ2v) is 11.1. The van der Waals surface area contributed by atoms with Gasteiger partial charge in [-0.25, -0.2) is 0 Å². The lowest BCUT2D eigenvalue weighted by Crippen LogP contribution is -2.38. The summed E-state index contributed by atoms with van der Waals surface area (Å²) in [5.74, 6) is -0.135. The summed E-state index contributed by atoms with van der Waals surface area (Å²) >= 11 is 12.4. The molecule has 40 heavy (non-hydrogen) atoms. The molecule has 3 aromatic carbocycles. The quantitative estimate of drug-likeness (QED) is 0.209. The summed E-state index contributed by atoms with van der Waals surface area (Å²) in [4.78, 5) is 17.2. The highest BCUT2D eigenvalue weighted by Crippen LogP contribution is 2.40. The van der Waals surface area contributed by atoms with Crippen LogP contribution in [-0.2, 0) is 36.4 Å². The fourth-order valence-corrected chi connectivity index (χ4v) is 5.67. The van der Waals surface area contributed by atoms with Gasteiger partial charge >= 0.3 is 0 Å². The van der Waals surface area contributed by atoms with Gasteiger partial charge in [-0.15, -0.1) is 0 Å². The van der Waals surface area contributed by atoms with Crippen LogP contribution in [0.25, 0.3) is 0 Å². The average Bonchev–Trinajstić information content (AvgIpc) is 3.40. The maximum atomic E-state index is 12.6. The van der Waals surface area contributed by atoms with E-state index in [1.165, 1.54) is 6.07 Å². The van der Waals surface area contributed by atoms with Crippen molar-refractivity contribution in [2.24, 2.45) is 4.99 Å². The number of halogens is 2.